The molecule has 0 aliphatic heterocycles. The minimum atomic E-state index is 0.145. The van der Waals surface area contributed by atoms with E-state index in [1.54, 1.807) is 0 Å². The Morgan fingerprint density at radius 1 is 1.30 bits per heavy atom. The van der Waals surface area contributed by atoms with Gasteiger partial charge in [-0.05, 0) is 6.42 Å². The summed E-state index contributed by atoms with van der Waals surface area (Å²) in [4.78, 5) is 10.5. The summed E-state index contributed by atoms with van der Waals surface area (Å²) in [5, 5.41) is 2.74. The van der Waals surface area contributed by atoms with E-state index in [4.69, 9.17) is 0 Å². The monoisotopic (exact) mass is 145 g/mol. The van der Waals surface area contributed by atoms with Crippen molar-refractivity contribution in [1.82, 2.24) is 5.32 Å². The molecule has 0 fully saturated rings. The van der Waals surface area contributed by atoms with Crippen LogP contribution < -0.4 is 5.32 Å². The van der Waals surface area contributed by atoms with Gasteiger partial charge in [-0.15, -0.1) is 0 Å². The number of carbonyl (C=O) groups is 1. The number of amides is 1. The average Bonchev–Trinajstić information content (AvgIpc) is 2.04. The maximum absolute atomic E-state index is 10.5. The SMILES string of the molecule is CC.CCCNC(=O)CC. The molecule has 0 spiro atoms. The zero-order valence-electron chi connectivity index (χ0n) is 7.53. The van der Waals surface area contributed by atoms with Gasteiger partial charge in [0.15, 0.2) is 0 Å². The molecule has 0 saturated heterocycles. The van der Waals surface area contributed by atoms with Crippen molar-refractivity contribution >= 4 is 5.91 Å². The lowest BCUT2D eigenvalue weighted by Crippen LogP contribution is -2.22. The third kappa shape index (κ3) is 10.5. The number of rotatable bonds is 3. The van der Waals surface area contributed by atoms with Crippen molar-refractivity contribution in [2.75, 3.05) is 6.54 Å². The second-order valence-corrected chi connectivity index (χ2v) is 1.70. The molecular weight excluding hydrogens is 126 g/mol. The molecule has 0 unspecified atom stereocenters. The predicted octanol–water partition coefficient (Wildman–Crippen LogP) is 1.95. The first-order chi connectivity index (χ1) is 4.81. The van der Waals surface area contributed by atoms with Crippen molar-refractivity contribution in [3.63, 3.8) is 0 Å². The molecule has 0 radical (unpaired) electrons. The molecule has 1 N–H and O–H groups in total. The van der Waals surface area contributed by atoms with Gasteiger partial charge in [-0.2, -0.15) is 0 Å². The summed E-state index contributed by atoms with van der Waals surface area (Å²) in [7, 11) is 0. The number of hydrogen-bond donors (Lipinski definition) is 1. The Kier molecular flexibility index (Phi) is 13.7. The standard InChI is InChI=1S/C6H13NO.C2H6/c1-3-5-7-6(8)4-2;1-2/h3-5H2,1-2H3,(H,7,8);1-2H3. The van der Waals surface area contributed by atoms with E-state index in [9.17, 15) is 4.79 Å². The molecular formula is C8H19NO. The number of hydrogen-bond acceptors (Lipinski definition) is 1. The van der Waals surface area contributed by atoms with Gasteiger partial charge in [0.1, 0.15) is 0 Å². The molecule has 0 aromatic heterocycles. The molecule has 0 aliphatic rings. The lowest BCUT2D eigenvalue weighted by Gasteiger charge is -1.97. The highest BCUT2D eigenvalue weighted by atomic mass is 16.1. The Morgan fingerprint density at radius 2 is 1.80 bits per heavy atom. The summed E-state index contributed by atoms with van der Waals surface area (Å²) in [6.45, 7) is 8.70. The zero-order valence-corrected chi connectivity index (χ0v) is 7.53. The highest BCUT2D eigenvalue weighted by molar-refractivity contribution is 5.75. The van der Waals surface area contributed by atoms with Crippen LogP contribution in [0.4, 0.5) is 0 Å². The molecule has 0 aromatic rings. The first kappa shape index (κ1) is 12.2. The van der Waals surface area contributed by atoms with Crippen molar-refractivity contribution in [2.45, 2.75) is 40.5 Å². The van der Waals surface area contributed by atoms with Crippen molar-refractivity contribution in [2.24, 2.45) is 0 Å². The molecule has 2 heteroatoms. The van der Waals surface area contributed by atoms with E-state index in [0.29, 0.717) is 6.42 Å². The molecule has 0 aromatic carbocycles. The smallest absolute Gasteiger partial charge is 0.219 e. The van der Waals surface area contributed by atoms with Crippen LogP contribution in [0.1, 0.15) is 40.5 Å². The van der Waals surface area contributed by atoms with E-state index >= 15 is 0 Å². The van der Waals surface area contributed by atoms with Gasteiger partial charge in [0.2, 0.25) is 5.91 Å². The van der Waals surface area contributed by atoms with Crippen LogP contribution in [0.25, 0.3) is 0 Å². The van der Waals surface area contributed by atoms with Crippen LogP contribution in [0.15, 0.2) is 0 Å². The molecule has 0 saturated carbocycles. The second-order valence-electron chi connectivity index (χ2n) is 1.70. The molecule has 2 nitrogen and oxygen atoms in total. The zero-order chi connectivity index (χ0) is 8.41. The minimum Gasteiger partial charge on any atom is -0.356 e. The summed E-state index contributed by atoms with van der Waals surface area (Å²) >= 11 is 0. The Balaban J connectivity index is 0. The van der Waals surface area contributed by atoms with E-state index < -0.39 is 0 Å². The Morgan fingerprint density at radius 3 is 2.10 bits per heavy atom. The van der Waals surface area contributed by atoms with Crippen molar-refractivity contribution < 1.29 is 4.79 Å². The van der Waals surface area contributed by atoms with Crippen LogP contribution in [-0.4, -0.2) is 12.5 Å². The summed E-state index contributed by atoms with van der Waals surface area (Å²) in [6.07, 6.45) is 1.62. The molecule has 1 amide bonds. The molecule has 0 heterocycles. The van der Waals surface area contributed by atoms with Crippen LogP contribution in [-0.2, 0) is 4.79 Å². The molecule has 0 aliphatic carbocycles. The summed E-state index contributed by atoms with van der Waals surface area (Å²) in [6, 6.07) is 0. The van der Waals surface area contributed by atoms with E-state index in [2.05, 4.69) is 5.32 Å². The molecule has 10 heavy (non-hydrogen) atoms. The maximum atomic E-state index is 10.5. The van der Waals surface area contributed by atoms with Gasteiger partial charge in [-0.25, -0.2) is 0 Å². The summed E-state index contributed by atoms with van der Waals surface area (Å²) in [5.41, 5.74) is 0. The third-order valence-electron chi connectivity index (χ3n) is 0.893. The van der Waals surface area contributed by atoms with E-state index in [1.165, 1.54) is 0 Å². The van der Waals surface area contributed by atoms with Gasteiger partial charge in [0.25, 0.3) is 0 Å². The first-order valence-corrected chi connectivity index (χ1v) is 4.08. The predicted molar refractivity (Wildman–Crippen MR) is 44.9 cm³/mol. The average molecular weight is 145 g/mol. The highest BCUT2D eigenvalue weighted by Gasteiger charge is 1.90. The molecule has 62 valence electrons. The van der Waals surface area contributed by atoms with Crippen molar-refractivity contribution in [1.29, 1.82) is 0 Å². The van der Waals surface area contributed by atoms with Gasteiger partial charge < -0.3 is 5.32 Å². The second kappa shape index (κ2) is 11.3. The van der Waals surface area contributed by atoms with E-state index in [1.807, 2.05) is 27.7 Å². The van der Waals surface area contributed by atoms with Gasteiger partial charge >= 0.3 is 0 Å². The van der Waals surface area contributed by atoms with E-state index in [0.717, 1.165) is 13.0 Å². The first-order valence-electron chi connectivity index (χ1n) is 4.08. The number of carbonyl (C=O) groups excluding carboxylic acids is 1. The summed E-state index contributed by atoms with van der Waals surface area (Å²) < 4.78 is 0. The topological polar surface area (TPSA) is 29.1 Å². The Bertz CT molecular complexity index is 71.7. The lowest BCUT2D eigenvalue weighted by atomic mass is 10.4. The van der Waals surface area contributed by atoms with Crippen molar-refractivity contribution in [3.05, 3.63) is 0 Å². The van der Waals surface area contributed by atoms with Gasteiger partial charge in [0, 0.05) is 13.0 Å². The van der Waals surface area contributed by atoms with Crippen LogP contribution in [0.2, 0.25) is 0 Å². The van der Waals surface area contributed by atoms with E-state index in [-0.39, 0.29) is 5.91 Å². The third-order valence-corrected chi connectivity index (χ3v) is 0.893. The van der Waals surface area contributed by atoms with Crippen LogP contribution in [0, 0.1) is 0 Å². The normalized spacial score (nSPS) is 7.60. The fourth-order valence-corrected chi connectivity index (χ4v) is 0.389. The van der Waals surface area contributed by atoms with Gasteiger partial charge in [0.05, 0.1) is 0 Å². The lowest BCUT2D eigenvalue weighted by molar-refractivity contribution is -0.120. The maximum Gasteiger partial charge on any atom is 0.219 e. The molecule has 0 rings (SSSR count). The largest absolute Gasteiger partial charge is 0.356 e. The summed E-state index contributed by atoms with van der Waals surface area (Å²) in [5.74, 6) is 0.145. The number of nitrogens with one attached hydrogen (secondary N) is 1. The minimum absolute atomic E-state index is 0.145. The van der Waals surface area contributed by atoms with Crippen LogP contribution in [0.3, 0.4) is 0 Å². The fourth-order valence-electron chi connectivity index (χ4n) is 0.389. The highest BCUT2D eigenvalue weighted by Crippen LogP contribution is 1.75. The van der Waals surface area contributed by atoms with Crippen molar-refractivity contribution in [3.8, 4) is 0 Å². The fraction of sp³-hybridized carbons (Fsp3) is 0.875. The molecule has 0 atom stereocenters. The van der Waals surface area contributed by atoms with Gasteiger partial charge in [-0.3, -0.25) is 4.79 Å². The quantitative estimate of drug-likeness (QED) is 0.646. The molecule has 0 bridgehead atoms. The van der Waals surface area contributed by atoms with Crippen LogP contribution >= 0.6 is 0 Å². The van der Waals surface area contributed by atoms with Crippen LogP contribution in [0.5, 0.6) is 0 Å². The Hall–Kier alpha value is -0.530. The Labute approximate surface area is 64.0 Å². The van der Waals surface area contributed by atoms with Gasteiger partial charge in [-0.1, -0.05) is 27.7 Å².